The Hall–Kier alpha value is -2.54. The van der Waals surface area contributed by atoms with Crippen LogP contribution in [0.25, 0.3) is 0 Å². The standard InChI is InChI=1S/C14F26O/c15-1(5(19,20)7(9(23,24)25,10(26,27)28)11(29,30)31)3(17)41-4(18)2(16)6(21,22)8(12(32,33)34,13(35,36)37)14(38,39)40. The first-order valence-electron chi connectivity index (χ1n) is 8.32. The minimum atomic E-state index is -8.79. The third-order valence-corrected chi connectivity index (χ3v) is 4.57. The van der Waals surface area contributed by atoms with Crippen LogP contribution in [0, 0.1) is 10.8 Å². The van der Waals surface area contributed by atoms with Crippen molar-refractivity contribution in [1.29, 1.82) is 0 Å². The average Bonchev–Trinajstić information content (AvgIpc) is 2.58. The molecule has 0 amide bonds. The summed E-state index contributed by atoms with van der Waals surface area (Å²) in [7, 11) is 0. The molecule has 0 aromatic rings. The number of alkyl halides is 22. The molecule has 0 rings (SSSR count). The van der Waals surface area contributed by atoms with Gasteiger partial charge in [0.15, 0.2) is 0 Å². The van der Waals surface area contributed by atoms with Crippen LogP contribution in [-0.2, 0) is 4.74 Å². The maximum absolute atomic E-state index is 13.7. The summed E-state index contributed by atoms with van der Waals surface area (Å²) in [5.74, 6) is -28.4. The van der Waals surface area contributed by atoms with Crippen LogP contribution in [0.3, 0.4) is 0 Å². The van der Waals surface area contributed by atoms with Crippen molar-refractivity contribution in [3.05, 3.63) is 23.7 Å². The second-order valence-corrected chi connectivity index (χ2v) is 6.91. The number of rotatable bonds is 6. The van der Waals surface area contributed by atoms with Crippen molar-refractivity contribution in [1.82, 2.24) is 0 Å². The van der Waals surface area contributed by atoms with Gasteiger partial charge in [-0.2, -0.15) is 114 Å². The van der Waals surface area contributed by atoms with Crippen LogP contribution in [0.15, 0.2) is 23.7 Å². The molecular formula is C14F26O. The largest absolute Gasteiger partial charge is 0.418 e. The van der Waals surface area contributed by atoms with Crippen LogP contribution >= 0.6 is 0 Å². The van der Waals surface area contributed by atoms with Crippen molar-refractivity contribution < 1.29 is 119 Å². The Morgan fingerprint density at radius 2 is 0.439 bits per heavy atom. The van der Waals surface area contributed by atoms with Gasteiger partial charge in [0.2, 0.25) is 11.7 Å². The molecule has 0 heterocycles. The van der Waals surface area contributed by atoms with Crippen LogP contribution in [0.4, 0.5) is 114 Å². The van der Waals surface area contributed by atoms with Gasteiger partial charge < -0.3 is 4.74 Å². The van der Waals surface area contributed by atoms with E-state index in [0.717, 1.165) is 0 Å². The monoisotopic (exact) mass is 678 g/mol. The third kappa shape index (κ3) is 5.39. The van der Waals surface area contributed by atoms with Crippen molar-refractivity contribution in [2.24, 2.45) is 10.8 Å². The normalized spacial score (nSPS) is 17.3. The first kappa shape index (κ1) is 38.5. The van der Waals surface area contributed by atoms with E-state index in [1.807, 2.05) is 0 Å². The zero-order valence-corrected chi connectivity index (χ0v) is 17.2. The molecule has 41 heavy (non-hydrogen) atoms. The molecular weight excluding hydrogens is 678 g/mol. The van der Waals surface area contributed by atoms with E-state index in [2.05, 4.69) is 0 Å². The van der Waals surface area contributed by atoms with Gasteiger partial charge in [-0.05, 0) is 0 Å². The average molecular weight is 678 g/mol. The van der Waals surface area contributed by atoms with Gasteiger partial charge in [0, 0.05) is 0 Å². The van der Waals surface area contributed by atoms with Crippen LogP contribution in [0.5, 0.6) is 0 Å². The van der Waals surface area contributed by atoms with Crippen molar-refractivity contribution in [2.75, 3.05) is 0 Å². The van der Waals surface area contributed by atoms with Gasteiger partial charge in [-0.3, -0.25) is 0 Å². The number of allylic oxidation sites excluding steroid dienone is 2. The molecule has 0 fully saturated rings. The number of ether oxygens (including phenoxy) is 1. The number of hydrogen-bond acceptors (Lipinski definition) is 1. The Morgan fingerprint density at radius 1 is 0.293 bits per heavy atom. The second kappa shape index (κ2) is 10.0. The van der Waals surface area contributed by atoms with Crippen molar-refractivity contribution >= 4 is 0 Å². The van der Waals surface area contributed by atoms with E-state index < -0.39 is 83.4 Å². The van der Waals surface area contributed by atoms with Crippen LogP contribution in [0.2, 0.25) is 0 Å². The van der Waals surface area contributed by atoms with E-state index in [9.17, 15) is 114 Å². The molecule has 0 atom stereocenters. The van der Waals surface area contributed by atoms with Crippen LogP contribution in [0.1, 0.15) is 0 Å². The van der Waals surface area contributed by atoms with E-state index in [1.165, 1.54) is 0 Å². The Morgan fingerprint density at radius 3 is 0.561 bits per heavy atom. The lowest BCUT2D eigenvalue weighted by Gasteiger charge is -2.42. The first-order chi connectivity index (χ1) is 17.4. The minimum Gasteiger partial charge on any atom is -0.400 e. The quantitative estimate of drug-likeness (QED) is 0.201. The Balaban J connectivity index is 7.60. The molecule has 0 aliphatic carbocycles. The smallest absolute Gasteiger partial charge is 0.400 e. The minimum absolute atomic E-state index is 1.72. The summed E-state index contributed by atoms with van der Waals surface area (Å²) in [5.41, 5.74) is -17.6. The molecule has 0 bridgehead atoms. The van der Waals surface area contributed by atoms with E-state index in [0.29, 0.717) is 0 Å². The zero-order chi connectivity index (χ0) is 34.0. The molecule has 0 radical (unpaired) electrons. The molecule has 244 valence electrons. The number of hydrogen-bond donors (Lipinski definition) is 0. The number of halogens is 26. The lowest BCUT2D eigenvalue weighted by Crippen LogP contribution is -2.69. The lowest BCUT2D eigenvalue weighted by molar-refractivity contribution is -0.472. The predicted molar refractivity (Wildman–Crippen MR) is 70.7 cm³/mol. The highest BCUT2D eigenvalue weighted by Gasteiger charge is 2.96. The molecule has 27 heteroatoms. The maximum Gasteiger partial charge on any atom is 0.418 e. The lowest BCUT2D eigenvalue weighted by atomic mass is 9.77. The molecule has 1 nitrogen and oxygen atoms in total. The molecule has 0 aliphatic heterocycles. The summed E-state index contributed by atoms with van der Waals surface area (Å²) in [6, 6.07) is -10.3. The summed E-state index contributed by atoms with van der Waals surface area (Å²) in [4.78, 5) is 0. The molecule has 0 spiro atoms. The van der Waals surface area contributed by atoms with Crippen molar-refractivity contribution in [3.63, 3.8) is 0 Å². The molecule has 0 saturated carbocycles. The fourth-order valence-electron chi connectivity index (χ4n) is 2.78. The van der Waals surface area contributed by atoms with E-state index in [1.54, 1.807) is 4.74 Å². The summed E-state index contributed by atoms with van der Waals surface area (Å²) in [6.45, 7) is 0. The fourth-order valence-corrected chi connectivity index (χ4v) is 2.78. The molecule has 0 saturated heterocycles. The van der Waals surface area contributed by atoms with Gasteiger partial charge >= 0.3 is 71.8 Å². The molecule has 0 aliphatic rings. The highest BCUT2D eigenvalue weighted by Crippen LogP contribution is 2.70. The van der Waals surface area contributed by atoms with Gasteiger partial charge in [-0.25, -0.2) is 0 Å². The summed E-state index contributed by atoms with van der Waals surface area (Å²) < 4.78 is 338. The van der Waals surface area contributed by atoms with Gasteiger partial charge in [0.1, 0.15) is 0 Å². The molecule has 0 aromatic carbocycles. The summed E-state index contributed by atoms with van der Waals surface area (Å²) >= 11 is 0. The van der Waals surface area contributed by atoms with Gasteiger partial charge in [-0.1, -0.05) is 0 Å². The fraction of sp³-hybridized carbons (Fsp3) is 0.714. The van der Waals surface area contributed by atoms with E-state index >= 15 is 0 Å². The Labute approximate surface area is 204 Å². The highest BCUT2D eigenvalue weighted by molar-refractivity contribution is 5.23. The van der Waals surface area contributed by atoms with Crippen molar-refractivity contribution in [3.8, 4) is 0 Å². The second-order valence-electron chi connectivity index (χ2n) is 6.91. The van der Waals surface area contributed by atoms with Gasteiger partial charge in [0.25, 0.3) is 0 Å². The maximum atomic E-state index is 13.7. The van der Waals surface area contributed by atoms with Crippen molar-refractivity contribution in [2.45, 2.75) is 48.9 Å². The van der Waals surface area contributed by atoms with E-state index in [4.69, 9.17) is 0 Å². The Bertz CT molecular complexity index is 863. The molecule has 0 unspecified atom stereocenters. The van der Waals surface area contributed by atoms with Crippen LogP contribution in [-0.4, -0.2) is 48.9 Å². The summed E-state index contributed by atoms with van der Waals surface area (Å²) in [6.07, 6.45) is -51.1. The molecule has 0 aromatic heterocycles. The van der Waals surface area contributed by atoms with E-state index in [-0.39, 0.29) is 0 Å². The molecule has 0 N–H and O–H groups in total. The third-order valence-electron chi connectivity index (χ3n) is 4.57. The highest BCUT2D eigenvalue weighted by atomic mass is 19.5. The predicted octanol–water partition coefficient (Wildman–Crippen LogP) is 9.84. The summed E-state index contributed by atoms with van der Waals surface area (Å²) in [5, 5.41) is 0. The van der Waals surface area contributed by atoms with Gasteiger partial charge in [0.05, 0.1) is 0 Å². The first-order valence-corrected chi connectivity index (χ1v) is 8.32. The van der Waals surface area contributed by atoms with Crippen LogP contribution < -0.4 is 0 Å². The Kier molecular flexibility index (Phi) is 9.41. The van der Waals surface area contributed by atoms with Gasteiger partial charge in [-0.15, -0.1) is 0 Å². The SMILES string of the molecule is FC(OC(F)=C(F)C(F)(F)C(C(F)(F)F)(C(F)(F)F)C(F)(F)F)=C(F)C(F)(F)C(C(F)(F)F)(C(F)(F)F)C(F)(F)F. The zero-order valence-electron chi connectivity index (χ0n) is 17.2. The topological polar surface area (TPSA) is 9.23 Å².